The van der Waals surface area contributed by atoms with E-state index in [1.165, 1.54) is 0 Å². The van der Waals surface area contributed by atoms with Crippen molar-refractivity contribution in [1.82, 2.24) is 20.1 Å². The van der Waals surface area contributed by atoms with Gasteiger partial charge >= 0.3 is 6.09 Å². The summed E-state index contributed by atoms with van der Waals surface area (Å²) in [4.78, 5) is 16.1. The molecule has 1 amide bonds. The molecule has 0 saturated heterocycles. The highest BCUT2D eigenvalue weighted by molar-refractivity contribution is 14.1. The van der Waals surface area contributed by atoms with E-state index in [-0.39, 0.29) is 18.2 Å². The zero-order chi connectivity index (χ0) is 17.5. The summed E-state index contributed by atoms with van der Waals surface area (Å²) >= 11 is 8.38. The number of amides is 1. The molecule has 1 aliphatic carbocycles. The van der Waals surface area contributed by atoms with Gasteiger partial charge in [-0.15, -0.1) is 0 Å². The van der Waals surface area contributed by atoms with Gasteiger partial charge in [0.15, 0.2) is 0 Å². The van der Waals surface area contributed by atoms with Gasteiger partial charge in [0.2, 0.25) is 0 Å². The van der Waals surface area contributed by atoms with Crippen molar-refractivity contribution in [3.8, 4) is 0 Å². The van der Waals surface area contributed by atoms with Gasteiger partial charge in [-0.25, -0.2) is 9.78 Å². The smallest absolute Gasteiger partial charge is 0.407 e. The Morgan fingerprint density at radius 3 is 2.92 bits per heavy atom. The van der Waals surface area contributed by atoms with Crippen LogP contribution in [0.4, 0.5) is 4.79 Å². The second-order valence-electron chi connectivity index (χ2n) is 7.04. The first kappa shape index (κ1) is 17.7. The summed E-state index contributed by atoms with van der Waals surface area (Å²) < 4.78 is 8.20. The Kier molecular flexibility index (Phi) is 4.92. The van der Waals surface area contributed by atoms with Crippen LogP contribution in [0.5, 0.6) is 0 Å². The molecule has 8 heteroatoms. The van der Waals surface area contributed by atoms with Crippen molar-refractivity contribution >= 4 is 51.2 Å². The molecule has 2 atom stereocenters. The highest BCUT2D eigenvalue weighted by Crippen LogP contribution is 2.35. The van der Waals surface area contributed by atoms with Gasteiger partial charge in [-0.1, -0.05) is 11.6 Å². The minimum absolute atomic E-state index is 0.0964. The van der Waals surface area contributed by atoms with Gasteiger partial charge in [-0.2, -0.15) is 5.10 Å². The molecule has 0 radical (unpaired) electrons. The number of carbonyl (C=O) groups is 1. The lowest BCUT2D eigenvalue weighted by molar-refractivity contribution is 0.0504. The summed E-state index contributed by atoms with van der Waals surface area (Å²) in [6, 6.07) is 2.26. The van der Waals surface area contributed by atoms with Crippen molar-refractivity contribution in [2.75, 3.05) is 0 Å². The monoisotopic (exact) mass is 462 g/mol. The number of rotatable bonds is 2. The van der Waals surface area contributed by atoms with Crippen LogP contribution in [0.1, 0.15) is 46.1 Å². The van der Waals surface area contributed by atoms with Gasteiger partial charge < -0.3 is 10.1 Å². The average Bonchev–Trinajstić information content (AvgIpc) is 3.02. The van der Waals surface area contributed by atoms with E-state index in [2.05, 4.69) is 38.0 Å². The fraction of sp³-hybridized carbons (Fsp3) is 0.562. The summed E-state index contributed by atoms with van der Waals surface area (Å²) in [5.41, 5.74) is 0.502. The minimum atomic E-state index is -0.486. The predicted octanol–water partition coefficient (Wildman–Crippen LogP) is 4.31. The van der Waals surface area contributed by atoms with Crippen molar-refractivity contribution in [2.24, 2.45) is 0 Å². The Bertz CT molecular complexity index is 771. The molecule has 0 spiro atoms. The lowest BCUT2D eigenvalue weighted by atomic mass is 10.2. The molecule has 1 aliphatic rings. The maximum atomic E-state index is 11.9. The first-order chi connectivity index (χ1) is 11.2. The molecule has 0 unspecified atom stereocenters. The van der Waals surface area contributed by atoms with Gasteiger partial charge in [0.1, 0.15) is 14.5 Å². The Balaban J connectivity index is 1.73. The minimum Gasteiger partial charge on any atom is -0.444 e. The zero-order valence-corrected chi connectivity index (χ0v) is 16.8. The van der Waals surface area contributed by atoms with Crippen molar-refractivity contribution in [3.05, 3.63) is 21.1 Å². The Hall–Kier alpha value is -1.09. The van der Waals surface area contributed by atoms with E-state index in [0.29, 0.717) is 5.15 Å². The van der Waals surface area contributed by atoms with Crippen LogP contribution in [0.3, 0.4) is 0 Å². The zero-order valence-electron chi connectivity index (χ0n) is 13.8. The second-order valence-corrected chi connectivity index (χ2v) is 8.42. The number of ether oxygens (including phenoxy) is 1. The van der Waals surface area contributed by atoms with Crippen LogP contribution in [0.25, 0.3) is 10.9 Å². The molecular formula is C16H20ClIN4O2. The van der Waals surface area contributed by atoms with E-state index < -0.39 is 5.60 Å². The average molecular weight is 463 g/mol. The van der Waals surface area contributed by atoms with Crippen LogP contribution in [0.2, 0.25) is 5.15 Å². The summed E-state index contributed by atoms with van der Waals surface area (Å²) in [6.07, 6.45) is 4.02. The number of pyridine rings is 1. The van der Waals surface area contributed by atoms with E-state index in [1.54, 1.807) is 6.20 Å². The van der Waals surface area contributed by atoms with Gasteiger partial charge in [0.25, 0.3) is 0 Å². The third kappa shape index (κ3) is 3.77. The fourth-order valence-electron chi connectivity index (χ4n) is 3.07. The Morgan fingerprint density at radius 1 is 1.46 bits per heavy atom. The number of fused-ring (bicyclic) bond motifs is 1. The highest BCUT2D eigenvalue weighted by Gasteiger charge is 2.30. The van der Waals surface area contributed by atoms with E-state index in [1.807, 2.05) is 31.5 Å². The molecule has 0 aromatic carbocycles. The molecule has 1 saturated carbocycles. The molecule has 1 fully saturated rings. The predicted molar refractivity (Wildman–Crippen MR) is 101 cm³/mol. The van der Waals surface area contributed by atoms with Gasteiger partial charge in [-0.3, -0.25) is 4.68 Å². The van der Waals surface area contributed by atoms with Crippen LogP contribution in [-0.4, -0.2) is 32.5 Å². The fourth-order valence-corrected chi connectivity index (χ4v) is 4.24. The van der Waals surface area contributed by atoms with Gasteiger partial charge in [0, 0.05) is 12.2 Å². The number of nitrogens with zero attached hydrogens (tertiary/aromatic N) is 3. The van der Waals surface area contributed by atoms with Crippen molar-refractivity contribution in [1.29, 1.82) is 0 Å². The van der Waals surface area contributed by atoms with Crippen molar-refractivity contribution in [3.63, 3.8) is 0 Å². The number of hydrogen-bond donors (Lipinski definition) is 1. The third-order valence-electron chi connectivity index (χ3n) is 4.00. The molecule has 6 nitrogen and oxygen atoms in total. The molecule has 2 aromatic heterocycles. The molecule has 0 aliphatic heterocycles. The van der Waals surface area contributed by atoms with Crippen molar-refractivity contribution in [2.45, 2.75) is 57.7 Å². The number of nitrogens with one attached hydrogen (secondary N) is 1. The standard InChI is InChI=1S/C16H20ClIN4O2/c1-16(2,3)24-15(23)20-9-4-5-10(8-9)22-11-6-7-19-13(17)12(11)14(18)21-22/h6-7,9-10H,4-5,8H2,1-3H3,(H,20,23)/t9-,10-/m1/s1. The van der Waals surface area contributed by atoms with E-state index in [4.69, 9.17) is 16.3 Å². The molecule has 2 heterocycles. The van der Waals surface area contributed by atoms with Crippen LogP contribution in [0, 0.1) is 3.70 Å². The van der Waals surface area contributed by atoms with Gasteiger partial charge in [-0.05, 0) is 68.7 Å². The number of aromatic nitrogens is 3. The highest BCUT2D eigenvalue weighted by atomic mass is 127. The topological polar surface area (TPSA) is 69.0 Å². The molecule has 130 valence electrons. The summed E-state index contributed by atoms with van der Waals surface area (Å²) in [5.74, 6) is 0. The van der Waals surface area contributed by atoms with Crippen LogP contribution >= 0.6 is 34.2 Å². The molecule has 2 aromatic rings. The van der Waals surface area contributed by atoms with Crippen LogP contribution in [0.15, 0.2) is 12.3 Å². The van der Waals surface area contributed by atoms with Crippen LogP contribution in [-0.2, 0) is 4.74 Å². The summed E-state index contributed by atoms with van der Waals surface area (Å²) in [7, 11) is 0. The molecular weight excluding hydrogens is 443 g/mol. The maximum absolute atomic E-state index is 11.9. The molecule has 1 N–H and O–H groups in total. The normalized spacial score (nSPS) is 21.2. The molecule has 3 rings (SSSR count). The van der Waals surface area contributed by atoms with E-state index in [9.17, 15) is 4.79 Å². The van der Waals surface area contributed by atoms with E-state index in [0.717, 1.165) is 33.9 Å². The van der Waals surface area contributed by atoms with Gasteiger partial charge in [0.05, 0.1) is 16.9 Å². The number of hydrogen-bond acceptors (Lipinski definition) is 4. The first-order valence-corrected chi connectivity index (χ1v) is 9.38. The lowest BCUT2D eigenvalue weighted by Crippen LogP contribution is -2.38. The summed E-state index contributed by atoms with van der Waals surface area (Å²) in [5, 5.41) is 8.97. The third-order valence-corrected chi connectivity index (χ3v) is 5.04. The SMILES string of the molecule is CC(C)(C)OC(=O)N[C@@H]1CC[C@@H](n2nc(I)c3c(Cl)nccc32)C1. The van der Waals surface area contributed by atoms with Crippen LogP contribution < -0.4 is 5.32 Å². The quantitative estimate of drug-likeness (QED) is 0.533. The molecule has 0 bridgehead atoms. The number of carbonyl (C=O) groups excluding carboxylic acids is 1. The number of alkyl carbamates (subject to hydrolysis) is 1. The second kappa shape index (κ2) is 6.67. The first-order valence-electron chi connectivity index (χ1n) is 7.92. The Labute approximate surface area is 159 Å². The lowest BCUT2D eigenvalue weighted by Gasteiger charge is -2.21. The van der Waals surface area contributed by atoms with Crippen molar-refractivity contribution < 1.29 is 9.53 Å². The van der Waals surface area contributed by atoms with E-state index >= 15 is 0 Å². The summed E-state index contributed by atoms with van der Waals surface area (Å²) in [6.45, 7) is 5.58. The maximum Gasteiger partial charge on any atom is 0.407 e. The largest absolute Gasteiger partial charge is 0.444 e. The Morgan fingerprint density at radius 2 is 2.21 bits per heavy atom. The number of halogens is 2. The molecule has 24 heavy (non-hydrogen) atoms.